The highest BCUT2D eigenvalue weighted by Gasteiger charge is 2.17. The van der Waals surface area contributed by atoms with Crippen LogP contribution in [0.3, 0.4) is 0 Å². The molecule has 2 rings (SSSR count). The third-order valence-corrected chi connectivity index (χ3v) is 4.20. The Morgan fingerprint density at radius 1 is 1.15 bits per heavy atom. The van der Waals surface area contributed by atoms with Crippen LogP contribution in [-0.2, 0) is 10.0 Å². The molecule has 2 N–H and O–H groups in total. The lowest BCUT2D eigenvalue weighted by Gasteiger charge is -2.32. The molecule has 0 radical (unpaired) electrons. The Bertz CT molecular complexity index is 520. The number of anilines is 2. The zero-order chi connectivity index (χ0) is 14.6. The zero-order valence-electron chi connectivity index (χ0n) is 12.1. The molecule has 1 saturated heterocycles. The summed E-state index contributed by atoms with van der Waals surface area (Å²) in [7, 11) is -3.20. The summed E-state index contributed by atoms with van der Waals surface area (Å²) in [5, 5.41) is 3.51. The molecule has 1 aliphatic rings. The molecule has 112 valence electrons. The molecular weight excluding hydrogens is 274 g/mol. The molecule has 0 spiro atoms. The van der Waals surface area contributed by atoms with Crippen molar-refractivity contribution in [2.75, 3.05) is 35.9 Å². The van der Waals surface area contributed by atoms with E-state index < -0.39 is 10.0 Å². The van der Waals surface area contributed by atoms with E-state index in [9.17, 15) is 8.42 Å². The normalized spacial score (nSPS) is 17.9. The highest BCUT2D eigenvalue weighted by molar-refractivity contribution is 7.92. The fourth-order valence-electron chi connectivity index (χ4n) is 2.48. The summed E-state index contributed by atoms with van der Waals surface area (Å²) in [4.78, 5) is 2.46. The van der Waals surface area contributed by atoms with Crippen molar-refractivity contribution < 1.29 is 8.42 Å². The van der Waals surface area contributed by atoms with Gasteiger partial charge in [-0.2, -0.15) is 0 Å². The first-order valence-corrected chi connectivity index (χ1v) is 8.92. The van der Waals surface area contributed by atoms with E-state index in [1.54, 1.807) is 12.1 Å². The number of likely N-dealkylation sites (tertiary alicyclic amines) is 1. The maximum atomic E-state index is 11.1. The lowest BCUT2D eigenvalue weighted by atomic mass is 10.0. The van der Waals surface area contributed by atoms with Crippen LogP contribution in [0.15, 0.2) is 24.3 Å². The van der Waals surface area contributed by atoms with Crippen molar-refractivity contribution >= 4 is 21.4 Å². The Kier molecular flexibility index (Phi) is 4.88. The standard InChI is InChI=1S/C14H23N3O2S/c1-3-17-10-8-13(9-11-17)15-12-4-6-14(7-5-12)16-20(2,18)19/h4-7,13,15-16H,3,8-11H2,1-2H3. The summed E-state index contributed by atoms with van der Waals surface area (Å²) in [6.07, 6.45) is 3.45. The van der Waals surface area contributed by atoms with Crippen LogP contribution in [0.25, 0.3) is 0 Å². The molecule has 5 nitrogen and oxygen atoms in total. The summed E-state index contributed by atoms with van der Waals surface area (Å²) >= 11 is 0. The zero-order valence-corrected chi connectivity index (χ0v) is 12.9. The minimum atomic E-state index is -3.20. The Balaban J connectivity index is 1.88. The summed E-state index contributed by atoms with van der Waals surface area (Å²) in [6, 6.07) is 7.90. The van der Waals surface area contributed by atoms with Gasteiger partial charge in [0, 0.05) is 30.5 Å². The summed E-state index contributed by atoms with van der Waals surface area (Å²) in [6.45, 7) is 5.60. The van der Waals surface area contributed by atoms with Gasteiger partial charge >= 0.3 is 0 Å². The van der Waals surface area contributed by atoms with Crippen LogP contribution in [0.2, 0.25) is 0 Å². The molecule has 6 heteroatoms. The first-order chi connectivity index (χ1) is 9.46. The molecule has 0 atom stereocenters. The number of benzene rings is 1. The van der Waals surface area contributed by atoms with E-state index in [1.165, 1.54) is 0 Å². The van der Waals surface area contributed by atoms with Gasteiger partial charge in [0.05, 0.1) is 6.26 Å². The predicted octanol–water partition coefficient (Wildman–Crippen LogP) is 1.95. The fraction of sp³-hybridized carbons (Fsp3) is 0.571. The number of hydrogen-bond donors (Lipinski definition) is 2. The first kappa shape index (κ1) is 15.1. The van der Waals surface area contributed by atoms with Crippen molar-refractivity contribution in [3.63, 3.8) is 0 Å². The Labute approximate surface area is 121 Å². The average molecular weight is 297 g/mol. The van der Waals surface area contributed by atoms with Crippen molar-refractivity contribution in [3.05, 3.63) is 24.3 Å². The van der Waals surface area contributed by atoms with Gasteiger partial charge in [-0.15, -0.1) is 0 Å². The number of piperidine rings is 1. The topological polar surface area (TPSA) is 61.4 Å². The second-order valence-corrected chi connectivity index (χ2v) is 7.05. The molecule has 0 aliphatic carbocycles. The van der Waals surface area contributed by atoms with E-state index in [4.69, 9.17) is 0 Å². The lowest BCUT2D eigenvalue weighted by Crippen LogP contribution is -2.38. The van der Waals surface area contributed by atoms with E-state index in [0.717, 1.165) is 44.4 Å². The minimum absolute atomic E-state index is 0.506. The van der Waals surface area contributed by atoms with E-state index in [1.807, 2.05) is 12.1 Å². The first-order valence-electron chi connectivity index (χ1n) is 7.03. The van der Waals surface area contributed by atoms with Crippen molar-refractivity contribution in [1.29, 1.82) is 0 Å². The molecule has 0 saturated carbocycles. The molecule has 20 heavy (non-hydrogen) atoms. The van der Waals surface area contributed by atoms with E-state index in [2.05, 4.69) is 21.9 Å². The third kappa shape index (κ3) is 4.68. The highest BCUT2D eigenvalue weighted by atomic mass is 32.2. The quantitative estimate of drug-likeness (QED) is 0.872. The third-order valence-electron chi connectivity index (χ3n) is 3.59. The molecule has 1 aliphatic heterocycles. The predicted molar refractivity (Wildman–Crippen MR) is 83.7 cm³/mol. The van der Waals surface area contributed by atoms with Crippen LogP contribution in [0.5, 0.6) is 0 Å². The Morgan fingerprint density at radius 2 is 1.70 bits per heavy atom. The summed E-state index contributed by atoms with van der Waals surface area (Å²) < 4.78 is 24.7. The van der Waals surface area contributed by atoms with Gasteiger partial charge < -0.3 is 10.2 Å². The molecule has 0 bridgehead atoms. The van der Waals surface area contributed by atoms with Gasteiger partial charge in [0.25, 0.3) is 0 Å². The Morgan fingerprint density at radius 3 is 2.20 bits per heavy atom. The fourth-order valence-corrected chi connectivity index (χ4v) is 3.04. The van der Waals surface area contributed by atoms with Crippen molar-refractivity contribution in [3.8, 4) is 0 Å². The van der Waals surface area contributed by atoms with Crippen molar-refractivity contribution in [1.82, 2.24) is 4.90 Å². The minimum Gasteiger partial charge on any atom is -0.382 e. The van der Waals surface area contributed by atoms with Gasteiger partial charge in [-0.25, -0.2) is 8.42 Å². The SMILES string of the molecule is CCN1CCC(Nc2ccc(NS(C)(=O)=O)cc2)CC1. The van der Waals surface area contributed by atoms with Crippen LogP contribution < -0.4 is 10.0 Å². The molecule has 0 unspecified atom stereocenters. The summed E-state index contributed by atoms with van der Waals surface area (Å²) in [5.41, 5.74) is 1.64. The summed E-state index contributed by atoms with van der Waals surface area (Å²) in [5.74, 6) is 0. The van der Waals surface area contributed by atoms with Gasteiger partial charge in [0.15, 0.2) is 0 Å². The van der Waals surface area contributed by atoms with Crippen LogP contribution in [0.1, 0.15) is 19.8 Å². The second-order valence-electron chi connectivity index (χ2n) is 5.30. The smallest absolute Gasteiger partial charge is 0.229 e. The van der Waals surface area contributed by atoms with Crippen molar-refractivity contribution in [2.45, 2.75) is 25.8 Å². The highest BCUT2D eigenvalue weighted by Crippen LogP contribution is 2.19. The van der Waals surface area contributed by atoms with Gasteiger partial charge in [-0.3, -0.25) is 4.72 Å². The molecule has 0 aromatic heterocycles. The van der Waals surface area contributed by atoms with Gasteiger partial charge in [0.2, 0.25) is 10.0 Å². The van der Waals surface area contributed by atoms with Gasteiger partial charge in [-0.1, -0.05) is 6.92 Å². The maximum Gasteiger partial charge on any atom is 0.229 e. The Hall–Kier alpha value is -1.27. The van der Waals surface area contributed by atoms with Crippen molar-refractivity contribution in [2.24, 2.45) is 0 Å². The molecule has 1 fully saturated rings. The number of nitrogens with one attached hydrogen (secondary N) is 2. The van der Waals surface area contributed by atoms with E-state index in [0.29, 0.717) is 11.7 Å². The number of sulfonamides is 1. The average Bonchev–Trinajstić information content (AvgIpc) is 2.40. The number of rotatable bonds is 5. The molecular formula is C14H23N3O2S. The van der Waals surface area contributed by atoms with Gasteiger partial charge in [-0.05, 0) is 43.7 Å². The molecule has 1 aromatic rings. The number of nitrogens with zero attached hydrogens (tertiary/aromatic N) is 1. The van der Waals surface area contributed by atoms with Crippen LogP contribution in [0.4, 0.5) is 11.4 Å². The van der Waals surface area contributed by atoms with Gasteiger partial charge in [0.1, 0.15) is 0 Å². The van der Waals surface area contributed by atoms with E-state index in [-0.39, 0.29) is 0 Å². The number of hydrogen-bond acceptors (Lipinski definition) is 4. The van der Waals surface area contributed by atoms with Crippen LogP contribution >= 0.6 is 0 Å². The second kappa shape index (κ2) is 6.45. The molecule has 0 amide bonds. The molecule has 1 aromatic carbocycles. The van der Waals surface area contributed by atoms with Crippen LogP contribution in [-0.4, -0.2) is 45.2 Å². The van der Waals surface area contributed by atoms with E-state index >= 15 is 0 Å². The van der Waals surface area contributed by atoms with Crippen LogP contribution in [0, 0.1) is 0 Å². The maximum absolute atomic E-state index is 11.1. The lowest BCUT2D eigenvalue weighted by molar-refractivity contribution is 0.229. The largest absolute Gasteiger partial charge is 0.382 e. The molecule has 1 heterocycles. The monoisotopic (exact) mass is 297 g/mol.